The summed E-state index contributed by atoms with van der Waals surface area (Å²) >= 11 is 3.43. The molecule has 0 spiro atoms. The van der Waals surface area contributed by atoms with Gasteiger partial charge in [-0.15, -0.1) is 0 Å². The van der Waals surface area contributed by atoms with Crippen molar-refractivity contribution in [1.82, 2.24) is 4.90 Å². The Labute approximate surface area is 133 Å². The standard InChI is InChI=1S/C17H19BrN2O/c1-20(12-14-8-5-9-15(18)10-14)17(21)16(19)11-13-6-3-2-4-7-13/h2-10,16H,11-12,19H2,1H3/t16-/m1/s1. The molecule has 0 radical (unpaired) electrons. The van der Waals surface area contributed by atoms with Crippen molar-refractivity contribution in [2.24, 2.45) is 5.73 Å². The number of nitrogens with two attached hydrogens (primary N) is 1. The van der Waals surface area contributed by atoms with Gasteiger partial charge in [0.25, 0.3) is 0 Å². The summed E-state index contributed by atoms with van der Waals surface area (Å²) in [6.07, 6.45) is 0.558. The number of hydrogen-bond donors (Lipinski definition) is 1. The van der Waals surface area contributed by atoms with Crippen LogP contribution in [-0.2, 0) is 17.8 Å². The Hall–Kier alpha value is -1.65. The molecule has 110 valence electrons. The predicted octanol–water partition coefficient (Wildman–Crippen LogP) is 2.98. The Balaban J connectivity index is 1.95. The van der Waals surface area contributed by atoms with Crippen molar-refractivity contribution >= 4 is 21.8 Å². The van der Waals surface area contributed by atoms with E-state index in [1.165, 1.54) is 0 Å². The molecule has 2 aromatic rings. The van der Waals surface area contributed by atoms with Crippen LogP contribution in [0.15, 0.2) is 59.1 Å². The number of amides is 1. The van der Waals surface area contributed by atoms with Gasteiger partial charge in [-0.1, -0.05) is 58.4 Å². The number of carbonyl (C=O) groups is 1. The molecule has 0 saturated carbocycles. The molecule has 1 atom stereocenters. The van der Waals surface area contributed by atoms with Crippen molar-refractivity contribution in [3.63, 3.8) is 0 Å². The quantitative estimate of drug-likeness (QED) is 0.904. The van der Waals surface area contributed by atoms with Crippen LogP contribution in [0.1, 0.15) is 11.1 Å². The fraction of sp³-hybridized carbons (Fsp3) is 0.235. The fourth-order valence-corrected chi connectivity index (χ4v) is 2.67. The van der Waals surface area contributed by atoms with E-state index in [9.17, 15) is 4.79 Å². The van der Waals surface area contributed by atoms with Gasteiger partial charge in [-0.25, -0.2) is 0 Å². The van der Waals surface area contributed by atoms with Gasteiger partial charge in [0.1, 0.15) is 0 Å². The number of benzene rings is 2. The van der Waals surface area contributed by atoms with Gasteiger partial charge in [0.15, 0.2) is 0 Å². The highest BCUT2D eigenvalue weighted by Gasteiger charge is 2.18. The summed E-state index contributed by atoms with van der Waals surface area (Å²) in [4.78, 5) is 14.0. The van der Waals surface area contributed by atoms with E-state index in [4.69, 9.17) is 5.73 Å². The molecule has 0 aliphatic rings. The first-order chi connectivity index (χ1) is 10.1. The van der Waals surface area contributed by atoms with Crippen molar-refractivity contribution in [2.75, 3.05) is 7.05 Å². The number of rotatable bonds is 5. The fourth-order valence-electron chi connectivity index (χ4n) is 2.23. The van der Waals surface area contributed by atoms with Gasteiger partial charge in [0, 0.05) is 18.1 Å². The summed E-state index contributed by atoms with van der Waals surface area (Å²) < 4.78 is 1.01. The maximum absolute atomic E-state index is 12.3. The number of nitrogens with zero attached hydrogens (tertiary/aromatic N) is 1. The Morgan fingerprint density at radius 3 is 2.48 bits per heavy atom. The van der Waals surface area contributed by atoms with Gasteiger partial charge in [0.05, 0.1) is 6.04 Å². The lowest BCUT2D eigenvalue weighted by Crippen LogP contribution is -2.42. The molecule has 0 aliphatic carbocycles. The van der Waals surface area contributed by atoms with Gasteiger partial charge >= 0.3 is 0 Å². The third-order valence-electron chi connectivity index (χ3n) is 3.30. The van der Waals surface area contributed by atoms with Crippen LogP contribution in [0.2, 0.25) is 0 Å². The number of halogens is 1. The molecule has 2 aromatic carbocycles. The molecule has 0 bridgehead atoms. The third kappa shape index (κ3) is 4.69. The van der Waals surface area contributed by atoms with E-state index in [1.54, 1.807) is 11.9 Å². The molecular weight excluding hydrogens is 328 g/mol. The Bertz CT molecular complexity index is 601. The summed E-state index contributed by atoms with van der Waals surface area (Å²) in [6, 6.07) is 17.3. The van der Waals surface area contributed by atoms with Crippen LogP contribution in [0, 0.1) is 0 Å². The molecule has 0 aromatic heterocycles. The molecule has 4 heteroatoms. The zero-order valence-electron chi connectivity index (χ0n) is 12.0. The van der Waals surface area contributed by atoms with Crippen molar-refractivity contribution in [2.45, 2.75) is 19.0 Å². The number of carbonyl (C=O) groups excluding carboxylic acids is 1. The minimum absolute atomic E-state index is 0.0428. The first-order valence-corrected chi connectivity index (χ1v) is 7.64. The predicted molar refractivity (Wildman–Crippen MR) is 88.7 cm³/mol. The van der Waals surface area contributed by atoms with Crippen molar-refractivity contribution in [1.29, 1.82) is 0 Å². The average molecular weight is 347 g/mol. The van der Waals surface area contributed by atoms with E-state index in [-0.39, 0.29) is 5.91 Å². The first-order valence-electron chi connectivity index (χ1n) is 6.85. The van der Waals surface area contributed by atoms with Crippen LogP contribution in [0.5, 0.6) is 0 Å². The van der Waals surface area contributed by atoms with Crippen molar-refractivity contribution in [3.05, 3.63) is 70.2 Å². The van der Waals surface area contributed by atoms with Crippen LogP contribution in [0.25, 0.3) is 0 Å². The highest BCUT2D eigenvalue weighted by molar-refractivity contribution is 9.10. The van der Waals surface area contributed by atoms with E-state index in [1.807, 2.05) is 54.6 Å². The van der Waals surface area contributed by atoms with Crippen LogP contribution in [0.3, 0.4) is 0 Å². The van der Waals surface area contributed by atoms with Crippen LogP contribution >= 0.6 is 15.9 Å². The van der Waals surface area contributed by atoms with Crippen LogP contribution < -0.4 is 5.73 Å². The highest BCUT2D eigenvalue weighted by atomic mass is 79.9. The number of likely N-dealkylation sites (N-methyl/N-ethyl adjacent to an activating group) is 1. The summed E-state index contributed by atoms with van der Waals surface area (Å²) in [6.45, 7) is 0.556. The zero-order valence-corrected chi connectivity index (χ0v) is 13.6. The average Bonchev–Trinajstić information content (AvgIpc) is 2.47. The van der Waals surface area contributed by atoms with E-state index in [0.29, 0.717) is 13.0 Å². The van der Waals surface area contributed by atoms with Gasteiger partial charge in [-0.05, 0) is 29.7 Å². The molecule has 3 nitrogen and oxygen atoms in total. The molecule has 21 heavy (non-hydrogen) atoms. The topological polar surface area (TPSA) is 46.3 Å². The Morgan fingerprint density at radius 1 is 1.14 bits per heavy atom. The lowest BCUT2D eigenvalue weighted by atomic mass is 10.1. The van der Waals surface area contributed by atoms with Gasteiger partial charge in [-0.3, -0.25) is 4.79 Å². The monoisotopic (exact) mass is 346 g/mol. The van der Waals surface area contributed by atoms with Gasteiger partial charge in [0.2, 0.25) is 5.91 Å². The maximum Gasteiger partial charge on any atom is 0.239 e. The van der Waals surface area contributed by atoms with Gasteiger partial charge in [-0.2, -0.15) is 0 Å². The summed E-state index contributed by atoms with van der Waals surface area (Å²) in [7, 11) is 1.79. The largest absolute Gasteiger partial charge is 0.340 e. The molecule has 1 amide bonds. The number of hydrogen-bond acceptors (Lipinski definition) is 2. The summed E-state index contributed by atoms with van der Waals surface area (Å²) in [5.74, 6) is -0.0428. The van der Waals surface area contributed by atoms with E-state index < -0.39 is 6.04 Å². The zero-order chi connectivity index (χ0) is 15.2. The van der Waals surface area contributed by atoms with E-state index >= 15 is 0 Å². The lowest BCUT2D eigenvalue weighted by Gasteiger charge is -2.21. The Kier molecular flexibility index (Phi) is 5.53. The second-order valence-electron chi connectivity index (χ2n) is 5.12. The third-order valence-corrected chi connectivity index (χ3v) is 3.79. The van der Waals surface area contributed by atoms with E-state index in [2.05, 4.69) is 15.9 Å². The maximum atomic E-state index is 12.3. The molecule has 0 unspecified atom stereocenters. The molecule has 0 fully saturated rings. The molecule has 2 rings (SSSR count). The van der Waals surface area contributed by atoms with E-state index in [0.717, 1.165) is 15.6 Å². The second kappa shape index (κ2) is 7.38. The minimum atomic E-state index is -0.510. The SMILES string of the molecule is CN(Cc1cccc(Br)c1)C(=O)[C@H](N)Cc1ccccc1. The first kappa shape index (κ1) is 15.7. The summed E-state index contributed by atoms with van der Waals surface area (Å²) in [5, 5.41) is 0. The summed E-state index contributed by atoms with van der Waals surface area (Å²) in [5.41, 5.74) is 8.19. The second-order valence-corrected chi connectivity index (χ2v) is 6.04. The minimum Gasteiger partial charge on any atom is -0.340 e. The molecular formula is C17H19BrN2O. The normalized spacial score (nSPS) is 12.0. The molecule has 0 saturated heterocycles. The van der Waals surface area contributed by atoms with Crippen molar-refractivity contribution < 1.29 is 4.79 Å². The highest BCUT2D eigenvalue weighted by Crippen LogP contribution is 2.13. The van der Waals surface area contributed by atoms with Crippen molar-refractivity contribution in [3.8, 4) is 0 Å². The smallest absolute Gasteiger partial charge is 0.239 e. The molecule has 0 aliphatic heterocycles. The Morgan fingerprint density at radius 2 is 1.81 bits per heavy atom. The lowest BCUT2D eigenvalue weighted by molar-refractivity contribution is -0.131. The molecule has 0 heterocycles. The van der Waals surface area contributed by atoms with Crippen LogP contribution in [-0.4, -0.2) is 23.9 Å². The molecule has 2 N–H and O–H groups in total. The van der Waals surface area contributed by atoms with Gasteiger partial charge < -0.3 is 10.6 Å². The van der Waals surface area contributed by atoms with Crippen LogP contribution in [0.4, 0.5) is 0 Å².